The Bertz CT molecular complexity index is 390. The van der Waals surface area contributed by atoms with Crippen LogP contribution in [0.15, 0.2) is 48.3 Å². The summed E-state index contributed by atoms with van der Waals surface area (Å²) in [6.45, 7) is 2.19. The number of ether oxygens (including phenoxy) is 1. The predicted octanol–water partition coefficient (Wildman–Crippen LogP) is 3.13. The van der Waals surface area contributed by atoms with E-state index in [9.17, 15) is 0 Å². The number of nitrogens with two attached hydrogens (primary N) is 1. The second-order valence-corrected chi connectivity index (χ2v) is 3.85. The Morgan fingerprint density at radius 3 is 2.60 bits per heavy atom. The first-order valence-electron chi connectivity index (χ1n) is 5.16. The predicted molar refractivity (Wildman–Crippen MR) is 62.5 cm³/mol. The molecule has 1 aliphatic rings. The van der Waals surface area contributed by atoms with Gasteiger partial charge in [0.15, 0.2) is 0 Å². The van der Waals surface area contributed by atoms with E-state index in [2.05, 4.69) is 19.1 Å². The number of benzene rings is 1. The van der Waals surface area contributed by atoms with Gasteiger partial charge in [-0.05, 0) is 48.8 Å². The van der Waals surface area contributed by atoms with Crippen molar-refractivity contribution in [2.45, 2.75) is 13.3 Å². The van der Waals surface area contributed by atoms with E-state index in [0.717, 1.165) is 23.6 Å². The molecular weight excluding hydrogens is 186 g/mol. The molecule has 0 amide bonds. The van der Waals surface area contributed by atoms with Crippen molar-refractivity contribution in [3.8, 4) is 5.75 Å². The van der Waals surface area contributed by atoms with Crippen molar-refractivity contribution in [3.63, 3.8) is 0 Å². The monoisotopic (exact) mass is 201 g/mol. The standard InChI is InChI=1S/C13H15NO/c1-10-2-6-12(7-3-10)15-13-8-4-11(14)5-9-13/h2,4-10H,3,14H2,1H3. The summed E-state index contributed by atoms with van der Waals surface area (Å²) in [5, 5.41) is 0. The van der Waals surface area contributed by atoms with Crippen molar-refractivity contribution in [3.05, 3.63) is 48.3 Å². The first-order chi connectivity index (χ1) is 7.24. The van der Waals surface area contributed by atoms with Crippen molar-refractivity contribution in [1.82, 2.24) is 0 Å². The maximum atomic E-state index is 5.68. The van der Waals surface area contributed by atoms with Gasteiger partial charge < -0.3 is 10.5 Å². The van der Waals surface area contributed by atoms with Crippen LogP contribution in [0.5, 0.6) is 5.75 Å². The molecule has 2 rings (SSSR count). The number of rotatable bonds is 2. The van der Waals surface area contributed by atoms with Gasteiger partial charge in [0.2, 0.25) is 0 Å². The molecule has 78 valence electrons. The molecule has 1 unspecified atom stereocenters. The van der Waals surface area contributed by atoms with Crippen LogP contribution >= 0.6 is 0 Å². The molecule has 0 saturated carbocycles. The number of nitrogen functional groups attached to an aromatic ring is 1. The van der Waals surface area contributed by atoms with E-state index in [0.29, 0.717) is 5.92 Å². The molecule has 1 aliphatic carbocycles. The van der Waals surface area contributed by atoms with Gasteiger partial charge in [0, 0.05) is 5.69 Å². The van der Waals surface area contributed by atoms with Crippen LogP contribution in [0.3, 0.4) is 0 Å². The lowest BCUT2D eigenvalue weighted by Gasteiger charge is -2.12. The zero-order chi connectivity index (χ0) is 10.7. The van der Waals surface area contributed by atoms with Crippen molar-refractivity contribution < 1.29 is 4.74 Å². The van der Waals surface area contributed by atoms with E-state index >= 15 is 0 Å². The minimum atomic E-state index is 0.615. The largest absolute Gasteiger partial charge is 0.458 e. The Hall–Kier alpha value is -1.70. The summed E-state index contributed by atoms with van der Waals surface area (Å²) in [6.07, 6.45) is 7.33. The van der Waals surface area contributed by atoms with Gasteiger partial charge in [0.25, 0.3) is 0 Å². The molecule has 15 heavy (non-hydrogen) atoms. The Morgan fingerprint density at radius 2 is 2.00 bits per heavy atom. The van der Waals surface area contributed by atoms with Crippen LogP contribution in [-0.4, -0.2) is 0 Å². The number of anilines is 1. The summed E-state index contributed by atoms with van der Waals surface area (Å²) in [5.41, 5.74) is 6.35. The highest BCUT2D eigenvalue weighted by Crippen LogP contribution is 2.20. The smallest absolute Gasteiger partial charge is 0.127 e. The molecule has 0 aromatic heterocycles. The average Bonchev–Trinajstić information content (AvgIpc) is 2.25. The quantitative estimate of drug-likeness (QED) is 0.746. The van der Waals surface area contributed by atoms with Gasteiger partial charge in [-0.3, -0.25) is 0 Å². The lowest BCUT2D eigenvalue weighted by molar-refractivity contribution is 0.435. The highest BCUT2D eigenvalue weighted by Gasteiger charge is 2.04. The molecular formula is C13H15NO. The second kappa shape index (κ2) is 4.22. The highest BCUT2D eigenvalue weighted by molar-refractivity contribution is 5.42. The minimum Gasteiger partial charge on any atom is -0.458 e. The Morgan fingerprint density at radius 1 is 1.27 bits per heavy atom. The fraction of sp³-hybridized carbons (Fsp3) is 0.231. The van der Waals surface area contributed by atoms with E-state index in [1.807, 2.05) is 30.3 Å². The van der Waals surface area contributed by atoms with Crippen molar-refractivity contribution in [2.75, 3.05) is 5.73 Å². The van der Waals surface area contributed by atoms with Gasteiger partial charge in [-0.2, -0.15) is 0 Å². The van der Waals surface area contributed by atoms with Gasteiger partial charge >= 0.3 is 0 Å². The molecule has 0 fully saturated rings. The van der Waals surface area contributed by atoms with Crippen LogP contribution in [0.25, 0.3) is 0 Å². The molecule has 0 spiro atoms. The van der Waals surface area contributed by atoms with Crippen LogP contribution in [0.4, 0.5) is 5.69 Å². The Balaban J connectivity index is 2.04. The minimum absolute atomic E-state index is 0.615. The van der Waals surface area contributed by atoms with Crippen molar-refractivity contribution in [2.24, 2.45) is 5.92 Å². The van der Waals surface area contributed by atoms with Crippen LogP contribution in [0.2, 0.25) is 0 Å². The van der Waals surface area contributed by atoms with Gasteiger partial charge in [-0.1, -0.05) is 13.0 Å². The summed E-state index contributed by atoms with van der Waals surface area (Å²) < 4.78 is 5.68. The second-order valence-electron chi connectivity index (χ2n) is 3.85. The SMILES string of the molecule is CC1C=CC(Oc2ccc(N)cc2)=CC1. The fourth-order valence-electron chi connectivity index (χ4n) is 1.46. The molecule has 1 aromatic rings. The molecule has 0 aliphatic heterocycles. The molecule has 1 aromatic carbocycles. The van der Waals surface area contributed by atoms with E-state index < -0.39 is 0 Å². The summed E-state index contributed by atoms with van der Waals surface area (Å²) in [4.78, 5) is 0. The third kappa shape index (κ3) is 2.62. The molecule has 0 bridgehead atoms. The first-order valence-corrected chi connectivity index (χ1v) is 5.16. The molecule has 0 heterocycles. The summed E-state index contributed by atoms with van der Waals surface area (Å²) >= 11 is 0. The third-order valence-corrected chi connectivity index (χ3v) is 2.40. The average molecular weight is 201 g/mol. The topological polar surface area (TPSA) is 35.2 Å². The lowest BCUT2D eigenvalue weighted by Crippen LogP contribution is -2.00. The zero-order valence-electron chi connectivity index (χ0n) is 8.81. The van der Waals surface area contributed by atoms with Gasteiger partial charge in [-0.15, -0.1) is 0 Å². The van der Waals surface area contributed by atoms with Crippen molar-refractivity contribution >= 4 is 5.69 Å². The number of hydrogen-bond donors (Lipinski definition) is 1. The lowest BCUT2D eigenvalue weighted by atomic mass is 10.0. The summed E-state index contributed by atoms with van der Waals surface area (Å²) in [6, 6.07) is 7.43. The number of allylic oxidation sites excluding steroid dienone is 3. The van der Waals surface area contributed by atoms with E-state index in [-0.39, 0.29) is 0 Å². The van der Waals surface area contributed by atoms with Crippen LogP contribution in [0, 0.1) is 5.92 Å². The normalized spacial score (nSPS) is 19.8. The molecule has 2 N–H and O–H groups in total. The molecule has 0 radical (unpaired) electrons. The highest BCUT2D eigenvalue weighted by atomic mass is 16.5. The number of hydrogen-bond acceptors (Lipinski definition) is 2. The zero-order valence-corrected chi connectivity index (χ0v) is 8.81. The molecule has 2 nitrogen and oxygen atoms in total. The van der Waals surface area contributed by atoms with Gasteiger partial charge in [0.05, 0.1) is 0 Å². The van der Waals surface area contributed by atoms with E-state index in [4.69, 9.17) is 10.5 Å². The molecule has 0 saturated heterocycles. The fourth-order valence-corrected chi connectivity index (χ4v) is 1.46. The Labute approximate surface area is 90.1 Å². The maximum absolute atomic E-state index is 5.68. The Kier molecular flexibility index (Phi) is 2.77. The van der Waals surface area contributed by atoms with Crippen LogP contribution < -0.4 is 10.5 Å². The van der Waals surface area contributed by atoms with Gasteiger partial charge in [-0.25, -0.2) is 0 Å². The van der Waals surface area contributed by atoms with Crippen LogP contribution in [-0.2, 0) is 0 Å². The van der Waals surface area contributed by atoms with E-state index in [1.54, 1.807) is 0 Å². The molecule has 1 atom stereocenters. The summed E-state index contributed by atoms with van der Waals surface area (Å²) in [5.74, 6) is 2.36. The maximum Gasteiger partial charge on any atom is 0.127 e. The summed E-state index contributed by atoms with van der Waals surface area (Å²) in [7, 11) is 0. The third-order valence-electron chi connectivity index (χ3n) is 2.40. The van der Waals surface area contributed by atoms with Crippen molar-refractivity contribution in [1.29, 1.82) is 0 Å². The molecule has 2 heteroatoms. The van der Waals surface area contributed by atoms with E-state index in [1.165, 1.54) is 0 Å². The van der Waals surface area contributed by atoms with Gasteiger partial charge in [0.1, 0.15) is 11.5 Å². The van der Waals surface area contributed by atoms with Crippen LogP contribution in [0.1, 0.15) is 13.3 Å². The first kappa shape index (κ1) is 9.84.